The van der Waals surface area contributed by atoms with E-state index in [1.165, 1.54) is 6.08 Å². The molecule has 0 aromatic rings. The van der Waals surface area contributed by atoms with Crippen LogP contribution in [-0.2, 0) is 9.53 Å². The third-order valence-electron chi connectivity index (χ3n) is 2.45. The van der Waals surface area contributed by atoms with Crippen LogP contribution < -0.4 is 0 Å². The van der Waals surface area contributed by atoms with E-state index in [9.17, 15) is 9.90 Å². The predicted octanol–water partition coefficient (Wildman–Crippen LogP) is 2.12. The van der Waals surface area contributed by atoms with E-state index in [4.69, 9.17) is 16.3 Å². The number of halogens is 1. The smallest absolute Gasteiger partial charge is 0.335 e. The van der Waals surface area contributed by atoms with E-state index in [1.807, 2.05) is 0 Å². The first kappa shape index (κ1) is 12.0. The van der Waals surface area contributed by atoms with Gasteiger partial charge in [0, 0.05) is 12.0 Å². The molecule has 0 fully saturated rings. The van der Waals surface area contributed by atoms with Gasteiger partial charge < -0.3 is 9.84 Å². The molecule has 0 amide bonds. The third kappa shape index (κ3) is 2.49. The van der Waals surface area contributed by atoms with Crippen LogP contribution >= 0.6 is 11.6 Å². The lowest BCUT2D eigenvalue weighted by molar-refractivity contribution is -0.135. The largest absolute Gasteiger partial charge is 0.426 e. The predicted molar refractivity (Wildman–Crippen MR) is 58.1 cm³/mol. The Kier molecular flexibility index (Phi) is 3.37. The monoisotopic (exact) mass is 228 g/mol. The highest BCUT2D eigenvalue weighted by atomic mass is 35.5. The number of ether oxygens (including phenoxy) is 1. The Morgan fingerprint density at radius 1 is 1.80 bits per heavy atom. The van der Waals surface area contributed by atoms with Crippen molar-refractivity contribution in [3.8, 4) is 0 Å². The van der Waals surface area contributed by atoms with Gasteiger partial charge in [-0.05, 0) is 13.0 Å². The fourth-order valence-corrected chi connectivity index (χ4v) is 1.49. The zero-order valence-corrected chi connectivity index (χ0v) is 9.41. The number of rotatable bonds is 2. The number of allylic oxidation sites excluding steroid dienone is 2. The van der Waals surface area contributed by atoms with Crippen LogP contribution in [0.25, 0.3) is 0 Å². The van der Waals surface area contributed by atoms with Gasteiger partial charge in [-0.2, -0.15) is 0 Å². The van der Waals surface area contributed by atoms with Gasteiger partial charge in [-0.3, -0.25) is 0 Å². The lowest BCUT2D eigenvalue weighted by atomic mass is 9.85. The van der Waals surface area contributed by atoms with E-state index in [2.05, 4.69) is 6.58 Å². The quantitative estimate of drug-likeness (QED) is 0.582. The fraction of sp³-hybridized carbons (Fsp3) is 0.364. The summed E-state index contributed by atoms with van der Waals surface area (Å²) < 4.78 is 4.98. The lowest BCUT2D eigenvalue weighted by Crippen LogP contribution is -2.35. The number of aliphatic hydroxyl groups is 1. The average molecular weight is 229 g/mol. The summed E-state index contributed by atoms with van der Waals surface area (Å²) in [5.41, 5.74) is -1.06. The second-order valence-corrected chi connectivity index (χ2v) is 4.03. The second-order valence-electron chi connectivity index (χ2n) is 3.62. The van der Waals surface area contributed by atoms with E-state index >= 15 is 0 Å². The molecule has 15 heavy (non-hydrogen) atoms. The van der Waals surface area contributed by atoms with E-state index in [0.29, 0.717) is 5.03 Å². The molecule has 4 heteroatoms. The van der Waals surface area contributed by atoms with Crippen LogP contribution in [0, 0.1) is 5.92 Å². The van der Waals surface area contributed by atoms with E-state index in [0.717, 1.165) is 6.08 Å². The van der Waals surface area contributed by atoms with Gasteiger partial charge in [0.05, 0.1) is 10.6 Å². The van der Waals surface area contributed by atoms with Crippen molar-refractivity contribution in [2.75, 3.05) is 0 Å². The Labute approximate surface area is 93.7 Å². The second kappa shape index (κ2) is 4.21. The standard InChI is InChI=1S/C11H13ClO3/c1-4-9(13)15-10-7(2)11(3,14)6-5-8(10)12/h4-7,14H,1H2,2-3H3. The molecule has 1 aliphatic carbocycles. The molecule has 0 saturated heterocycles. The molecular weight excluding hydrogens is 216 g/mol. The van der Waals surface area contributed by atoms with Crippen molar-refractivity contribution >= 4 is 17.6 Å². The molecule has 2 unspecified atom stereocenters. The van der Waals surface area contributed by atoms with Gasteiger partial charge in [-0.25, -0.2) is 4.79 Å². The van der Waals surface area contributed by atoms with Crippen molar-refractivity contribution in [1.82, 2.24) is 0 Å². The van der Waals surface area contributed by atoms with Crippen LogP contribution in [0.15, 0.2) is 35.6 Å². The normalized spacial score (nSPS) is 30.3. The molecule has 1 aliphatic rings. The van der Waals surface area contributed by atoms with Gasteiger partial charge in [-0.1, -0.05) is 31.2 Å². The molecular formula is C11H13ClO3. The van der Waals surface area contributed by atoms with Crippen LogP contribution in [0.1, 0.15) is 13.8 Å². The summed E-state index contributed by atoms with van der Waals surface area (Å²) in [4.78, 5) is 11.0. The number of carbonyl (C=O) groups is 1. The van der Waals surface area contributed by atoms with Gasteiger partial charge in [0.1, 0.15) is 5.76 Å². The van der Waals surface area contributed by atoms with Gasteiger partial charge >= 0.3 is 5.97 Å². The van der Waals surface area contributed by atoms with Gasteiger partial charge in [0.25, 0.3) is 0 Å². The fourth-order valence-electron chi connectivity index (χ4n) is 1.23. The minimum atomic E-state index is -1.06. The minimum absolute atomic E-state index is 0.272. The van der Waals surface area contributed by atoms with Gasteiger partial charge in [0.15, 0.2) is 0 Å². The van der Waals surface area contributed by atoms with Crippen molar-refractivity contribution in [3.05, 3.63) is 35.6 Å². The first-order valence-corrected chi connectivity index (χ1v) is 4.92. The molecule has 1 rings (SSSR count). The number of hydrogen-bond donors (Lipinski definition) is 1. The molecule has 2 atom stereocenters. The van der Waals surface area contributed by atoms with Gasteiger partial charge in [-0.15, -0.1) is 0 Å². The Hall–Kier alpha value is -1.06. The Balaban J connectivity index is 2.98. The summed E-state index contributed by atoms with van der Waals surface area (Å²) in [5.74, 6) is -0.686. The molecule has 0 bridgehead atoms. The highest BCUT2D eigenvalue weighted by Crippen LogP contribution is 2.34. The molecule has 0 saturated carbocycles. The van der Waals surface area contributed by atoms with Crippen LogP contribution in [0.4, 0.5) is 0 Å². The van der Waals surface area contributed by atoms with Crippen LogP contribution in [0.3, 0.4) is 0 Å². The summed E-state index contributed by atoms with van der Waals surface area (Å²) in [6, 6.07) is 0. The minimum Gasteiger partial charge on any atom is -0.426 e. The Morgan fingerprint density at radius 3 is 2.93 bits per heavy atom. The van der Waals surface area contributed by atoms with Gasteiger partial charge in [0.2, 0.25) is 0 Å². The molecule has 1 N–H and O–H groups in total. The highest BCUT2D eigenvalue weighted by molar-refractivity contribution is 6.31. The zero-order chi connectivity index (χ0) is 11.6. The highest BCUT2D eigenvalue weighted by Gasteiger charge is 2.34. The first-order chi connectivity index (χ1) is 6.88. The van der Waals surface area contributed by atoms with Crippen LogP contribution in [-0.4, -0.2) is 16.7 Å². The summed E-state index contributed by atoms with van der Waals surface area (Å²) in [6.45, 7) is 6.65. The topological polar surface area (TPSA) is 46.5 Å². The van der Waals surface area contributed by atoms with Crippen molar-refractivity contribution in [3.63, 3.8) is 0 Å². The molecule has 3 nitrogen and oxygen atoms in total. The lowest BCUT2D eigenvalue weighted by Gasteiger charge is -2.31. The summed E-state index contributed by atoms with van der Waals surface area (Å²) >= 11 is 5.88. The first-order valence-electron chi connectivity index (χ1n) is 4.54. The summed E-state index contributed by atoms with van der Waals surface area (Å²) in [5, 5.41) is 10.2. The molecule has 82 valence electrons. The maximum atomic E-state index is 11.0. The van der Waals surface area contributed by atoms with Crippen molar-refractivity contribution < 1.29 is 14.6 Å². The zero-order valence-electron chi connectivity index (χ0n) is 8.66. The average Bonchev–Trinajstić information content (AvgIpc) is 2.19. The van der Waals surface area contributed by atoms with Crippen molar-refractivity contribution in [2.24, 2.45) is 5.92 Å². The number of esters is 1. The molecule has 0 spiro atoms. The van der Waals surface area contributed by atoms with E-state index < -0.39 is 11.6 Å². The summed E-state index contributed by atoms with van der Waals surface area (Å²) in [6.07, 6.45) is 4.15. The van der Waals surface area contributed by atoms with Crippen molar-refractivity contribution in [2.45, 2.75) is 19.4 Å². The SMILES string of the molecule is C=CC(=O)OC1=C(Cl)C=CC(C)(O)C1C. The molecule has 0 aliphatic heterocycles. The van der Waals surface area contributed by atoms with E-state index in [1.54, 1.807) is 19.9 Å². The number of carbonyl (C=O) groups excluding carboxylic acids is 1. The van der Waals surface area contributed by atoms with Crippen LogP contribution in [0.2, 0.25) is 0 Å². The summed E-state index contributed by atoms with van der Waals surface area (Å²) in [7, 11) is 0. The molecule has 0 aromatic heterocycles. The molecule has 0 aromatic carbocycles. The molecule has 0 radical (unpaired) electrons. The molecule has 0 heterocycles. The third-order valence-corrected chi connectivity index (χ3v) is 2.76. The maximum absolute atomic E-state index is 11.0. The van der Waals surface area contributed by atoms with Crippen LogP contribution in [0.5, 0.6) is 0 Å². The number of hydrogen-bond acceptors (Lipinski definition) is 3. The maximum Gasteiger partial charge on any atom is 0.335 e. The Morgan fingerprint density at radius 2 is 2.40 bits per heavy atom. The van der Waals surface area contributed by atoms with Crippen molar-refractivity contribution in [1.29, 1.82) is 0 Å². The van der Waals surface area contributed by atoms with E-state index in [-0.39, 0.29) is 11.7 Å². The Bertz CT molecular complexity index is 353.